The summed E-state index contributed by atoms with van der Waals surface area (Å²) < 4.78 is 12.8. The molecule has 4 aromatic rings. The van der Waals surface area contributed by atoms with Crippen molar-refractivity contribution in [2.45, 2.75) is 27.0 Å². The first kappa shape index (κ1) is 21.8. The molecule has 1 amide bonds. The van der Waals surface area contributed by atoms with Gasteiger partial charge < -0.3 is 14.5 Å². The zero-order valence-corrected chi connectivity index (χ0v) is 18.1. The van der Waals surface area contributed by atoms with E-state index in [2.05, 4.69) is 16.5 Å². The SMILES string of the molecule is Cc1cccc(Cn2cc(NC(=O)c3ccc(COc4ccc(C)cc4[N+](=O)[O-])o3)cn2)c1. The highest BCUT2D eigenvalue weighted by Gasteiger charge is 2.17. The molecule has 0 spiro atoms. The maximum atomic E-state index is 12.5. The number of nitro groups is 1. The van der Waals surface area contributed by atoms with Crippen molar-refractivity contribution in [2.75, 3.05) is 5.32 Å². The van der Waals surface area contributed by atoms with E-state index in [0.29, 0.717) is 18.0 Å². The highest BCUT2D eigenvalue weighted by molar-refractivity contribution is 6.02. The van der Waals surface area contributed by atoms with Gasteiger partial charge in [-0.05, 0) is 43.2 Å². The minimum Gasteiger partial charge on any atom is -0.479 e. The summed E-state index contributed by atoms with van der Waals surface area (Å²) in [6.07, 6.45) is 3.31. The predicted molar refractivity (Wildman–Crippen MR) is 121 cm³/mol. The van der Waals surface area contributed by atoms with Gasteiger partial charge in [-0.15, -0.1) is 0 Å². The van der Waals surface area contributed by atoms with Crippen LogP contribution in [0, 0.1) is 24.0 Å². The summed E-state index contributed by atoms with van der Waals surface area (Å²) in [7, 11) is 0. The van der Waals surface area contributed by atoms with Crippen molar-refractivity contribution in [3.63, 3.8) is 0 Å². The van der Waals surface area contributed by atoms with E-state index < -0.39 is 10.8 Å². The van der Waals surface area contributed by atoms with Crippen molar-refractivity contribution < 1.29 is 18.9 Å². The molecule has 9 nitrogen and oxygen atoms in total. The molecule has 0 aliphatic rings. The summed E-state index contributed by atoms with van der Waals surface area (Å²) >= 11 is 0. The number of rotatable bonds is 8. The molecule has 0 saturated heterocycles. The Morgan fingerprint density at radius 1 is 1.15 bits per heavy atom. The number of hydrogen-bond acceptors (Lipinski definition) is 6. The van der Waals surface area contributed by atoms with Crippen LogP contribution >= 0.6 is 0 Å². The van der Waals surface area contributed by atoms with Crippen LogP contribution in [0.3, 0.4) is 0 Å². The van der Waals surface area contributed by atoms with Crippen LogP contribution < -0.4 is 10.1 Å². The van der Waals surface area contributed by atoms with E-state index in [-0.39, 0.29) is 23.8 Å². The smallest absolute Gasteiger partial charge is 0.311 e. The average molecular weight is 446 g/mol. The van der Waals surface area contributed by atoms with E-state index in [0.717, 1.165) is 11.1 Å². The van der Waals surface area contributed by atoms with Gasteiger partial charge in [-0.25, -0.2) is 0 Å². The van der Waals surface area contributed by atoms with Gasteiger partial charge in [0.1, 0.15) is 12.4 Å². The zero-order valence-electron chi connectivity index (χ0n) is 18.1. The second kappa shape index (κ2) is 9.39. The summed E-state index contributed by atoms with van der Waals surface area (Å²) in [6, 6.07) is 15.9. The maximum Gasteiger partial charge on any atom is 0.311 e. The number of aromatic nitrogens is 2. The Kier molecular flexibility index (Phi) is 6.21. The first-order valence-electron chi connectivity index (χ1n) is 10.2. The van der Waals surface area contributed by atoms with Gasteiger partial charge >= 0.3 is 5.69 Å². The molecule has 2 heterocycles. The predicted octanol–water partition coefficient (Wildman–Crippen LogP) is 4.88. The van der Waals surface area contributed by atoms with Gasteiger partial charge in [0.25, 0.3) is 5.91 Å². The van der Waals surface area contributed by atoms with Gasteiger partial charge in [-0.2, -0.15) is 5.10 Å². The number of benzene rings is 2. The lowest BCUT2D eigenvalue weighted by Crippen LogP contribution is -2.10. The Balaban J connectivity index is 1.36. The molecule has 0 atom stereocenters. The summed E-state index contributed by atoms with van der Waals surface area (Å²) in [4.78, 5) is 23.2. The van der Waals surface area contributed by atoms with E-state index >= 15 is 0 Å². The number of amides is 1. The lowest BCUT2D eigenvalue weighted by molar-refractivity contribution is -0.386. The number of hydrogen-bond donors (Lipinski definition) is 1. The van der Waals surface area contributed by atoms with E-state index in [1.165, 1.54) is 17.7 Å². The molecule has 0 aliphatic carbocycles. The summed E-state index contributed by atoms with van der Waals surface area (Å²) in [5, 5.41) is 18.2. The molecule has 4 rings (SSSR count). The molecule has 0 unspecified atom stereocenters. The van der Waals surface area contributed by atoms with Crippen molar-refractivity contribution in [3.8, 4) is 5.75 Å². The van der Waals surface area contributed by atoms with Gasteiger partial charge in [0.05, 0.1) is 23.4 Å². The van der Waals surface area contributed by atoms with Crippen LogP contribution in [0.1, 0.15) is 33.0 Å². The number of nitrogens with zero attached hydrogens (tertiary/aromatic N) is 3. The van der Waals surface area contributed by atoms with Crippen LogP contribution in [0.25, 0.3) is 0 Å². The molecule has 33 heavy (non-hydrogen) atoms. The van der Waals surface area contributed by atoms with Crippen molar-refractivity contribution in [2.24, 2.45) is 0 Å². The molecule has 1 N–H and O–H groups in total. The molecular formula is C24H22N4O5. The third-order valence-electron chi connectivity index (χ3n) is 4.88. The van der Waals surface area contributed by atoms with Gasteiger partial charge in [0.2, 0.25) is 0 Å². The van der Waals surface area contributed by atoms with E-state index in [1.54, 1.807) is 42.2 Å². The molecule has 2 aromatic heterocycles. The van der Waals surface area contributed by atoms with Gasteiger partial charge in [0.15, 0.2) is 11.5 Å². The van der Waals surface area contributed by atoms with Crippen LogP contribution in [0.15, 0.2) is 71.4 Å². The van der Waals surface area contributed by atoms with E-state index in [1.807, 2.05) is 25.1 Å². The van der Waals surface area contributed by atoms with Crippen molar-refractivity contribution in [1.29, 1.82) is 0 Å². The first-order chi connectivity index (χ1) is 15.9. The number of carbonyl (C=O) groups excluding carboxylic acids is 1. The minimum atomic E-state index is -0.498. The van der Waals surface area contributed by atoms with Crippen LogP contribution in [-0.2, 0) is 13.2 Å². The number of nitro benzene ring substituents is 1. The van der Waals surface area contributed by atoms with Crippen LogP contribution in [-0.4, -0.2) is 20.6 Å². The van der Waals surface area contributed by atoms with Crippen molar-refractivity contribution in [3.05, 3.63) is 105 Å². The summed E-state index contributed by atoms with van der Waals surface area (Å²) in [5.74, 6) is 0.162. The number of aryl methyl sites for hydroxylation is 2. The maximum absolute atomic E-state index is 12.5. The molecule has 0 radical (unpaired) electrons. The van der Waals surface area contributed by atoms with Crippen LogP contribution in [0.5, 0.6) is 5.75 Å². The van der Waals surface area contributed by atoms with Crippen molar-refractivity contribution in [1.82, 2.24) is 9.78 Å². The fourth-order valence-corrected chi connectivity index (χ4v) is 3.32. The second-order valence-electron chi connectivity index (χ2n) is 7.65. The standard InChI is InChI=1S/C24H22N4O5/c1-16-4-3-5-18(10-16)13-27-14-19(12-25-27)26-24(29)23-9-7-20(33-23)15-32-22-8-6-17(2)11-21(22)28(30)31/h3-12,14H,13,15H2,1-2H3,(H,26,29). The summed E-state index contributed by atoms with van der Waals surface area (Å²) in [6.45, 7) is 4.33. The second-order valence-corrected chi connectivity index (χ2v) is 7.65. The number of carbonyl (C=O) groups is 1. The molecule has 9 heteroatoms. The first-order valence-corrected chi connectivity index (χ1v) is 10.2. The number of nitrogens with one attached hydrogen (secondary N) is 1. The fraction of sp³-hybridized carbons (Fsp3) is 0.167. The normalized spacial score (nSPS) is 10.7. The molecule has 0 fully saturated rings. The Morgan fingerprint density at radius 2 is 1.97 bits per heavy atom. The van der Waals surface area contributed by atoms with Crippen molar-refractivity contribution >= 4 is 17.3 Å². The molecule has 0 bridgehead atoms. The molecule has 2 aromatic carbocycles. The minimum absolute atomic E-state index is 0.0500. The van der Waals surface area contributed by atoms with Crippen LogP contribution in [0.4, 0.5) is 11.4 Å². The monoisotopic (exact) mass is 446 g/mol. The van der Waals surface area contributed by atoms with Gasteiger partial charge in [-0.3, -0.25) is 19.6 Å². The lowest BCUT2D eigenvalue weighted by Gasteiger charge is -2.06. The number of furan rings is 1. The summed E-state index contributed by atoms with van der Waals surface area (Å²) in [5.41, 5.74) is 3.45. The molecular weight excluding hydrogens is 424 g/mol. The average Bonchev–Trinajstić information content (AvgIpc) is 3.42. The van der Waals surface area contributed by atoms with E-state index in [4.69, 9.17) is 9.15 Å². The topological polar surface area (TPSA) is 112 Å². The highest BCUT2D eigenvalue weighted by Crippen LogP contribution is 2.28. The Labute approximate surface area is 189 Å². The Morgan fingerprint density at radius 3 is 2.76 bits per heavy atom. The largest absolute Gasteiger partial charge is 0.479 e. The van der Waals surface area contributed by atoms with Gasteiger partial charge in [-0.1, -0.05) is 35.9 Å². The third kappa shape index (κ3) is 5.45. The zero-order chi connectivity index (χ0) is 23.4. The number of ether oxygens (including phenoxy) is 1. The van der Waals surface area contributed by atoms with Crippen LogP contribution in [0.2, 0.25) is 0 Å². The third-order valence-corrected chi connectivity index (χ3v) is 4.88. The molecule has 0 saturated carbocycles. The lowest BCUT2D eigenvalue weighted by atomic mass is 10.1. The highest BCUT2D eigenvalue weighted by atomic mass is 16.6. The number of anilines is 1. The quantitative estimate of drug-likeness (QED) is 0.305. The molecule has 0 aliphatic heterocycles. The fourth-order valence-electron chi connectivity index (χ4n) is 3.32. The molecule has 168 valence electrons. The Bertz CT molecular complexity index is 1310. The Hall–Kier alpha value is -4.40. The van der Waals surface area contributed by atoms with Gasteiger partial charge in [0, 0.05) is 12.3 Å². The van der Waals surface area contributed by atoms with E-state index in [9.17, 15) is 14.9 Å².